The van der Waals surface area contributed by atoms with Crippen LogP contribution in [0, 0.1) is 5.92 Å². The molecular weight excluding hydrogens is 373 g/mol. The number of anilines is 1. The molecule has 2 N–H and O–H groups in total. The molecule has 1 aliphatic rings. The number of hydrogen-bond acceptors (Lipinski definition) is 6. The maximum absolute atomic E-state index is 9.11. The molecule has 2 aromatic rings. The molecule has 0 atom stereocenters. The van der Waals surface area contributed by atoms with Gasteiger partial charge in [0.2, 0.25) is 0 Å². The average Bonchev–Trinajstić information content (AvgIpc) is 2.59. The van der Waals surface area contributed by atoms with Gasteiger partial charge in [-0.2, -0.15) is 0 Å². The number of hydrogen-bond donors (Lipinski definition) is 2. The molecule has 0 unspecified atom stereocenters. The summed E-state index contributed by atoms with van der Waals surface area (Å²) in [6.45, 7) is 5.73. The highest BCUT2D eigenvalue weighted by atomic mass is 35.5. The molecule has 0 bridgehead atoms. The minimum absolute atomic E-state index is 0.0364. The molecule has 0 aliphatic carbocycles. The van der Waals surface area contributed by atoms with E-state index in [0.29, 0.717) is 22.9 Å². The summed E-state index contributed by atoms with van der Waals surface area (Å²) in [5, 5.41) is 1.52. The molecule has 0 radical (unpaired) electrons. The molecular formula is C18H25ClN3O3P. The molecule has 1 aliphatic heterocycles. The van der Waals surface area contributed by atoms with Gasteiger partial charge in [-0.15, -0.1) is 0 Å². The summed E-state index contributed by atoms with van der Waals surface area (Å²) in [5.41, 5.74) is 0.779. The van der Waals surface area contributed by atoms with Gasteiger partial charge in [-0.3, -0.25) is 0 Å². The number of ether oxygens (including phenoxy) is 1. The van der Waals surface area contributed by atoms with E-state index >= 15 is 0 Å². The molecule has 0 amide bonds. The lowest BCUT2D eigenvalue weighted by atomic mass is 9.94. The smallest absolute Gasteiger partial charge is 0.164 e. The van der Waals surface area contributed by atoms with Crippen molar-refractivity contribution in [2.24, 2.45) is 5.92 Å². The summed E-state index contributed by atoms with van der Waals surface area (Å²) >= 11 is 6.31. The molecule has 0 saturated carbocycles. The van der Waals surface area contributed by atoms with Gasteiger partial charge in [-0.05, 0) is 45.1 Å². The van der Waals surface area contributed by atoms with Crippen molar-refractivity contribution < 1.29 is 14.5 Å². The Kier molecular flexibility index (Phi) is 6.51. The summed E-state index contributed by atoms with van der Waals surface area (Å²) in [4.78, 5) is 29.4. The Bertz CT molecular complexity index is 752. The molecule has 142 valence electrons. The number of benzene rings is 1. The summed E-state index contributed by atoms with van der Waals surface area (Å²) < 4.78 is 5.88. The van der Waals surface area contributed by atoms with Gasteiger partial charge in [-0.1, -0.05) is 11.6 Å². The highest BCUT2D eigenvalue weighted by molar-refractivity contribution is 7.45. The van der Waals surface area contributed by atoms with Crippen molar-refractivity contribution in [3.63, 3.8) is 0 Å². The van der Waals surface area contributed by atoms with Gasteiger partial charge < -0.3 is 19.4 Å². The first kappa shape index (κ1) is 19.6. The second kappa shape index (κ2) is 8.66. The van der Waals surface area contributed by atoms with E-state index in [-0.39, 0.29) is 6.10 Å². The Morgan fingerprint density at radius 3 is 2.65 bits per heavy atom. The van der Waals surface area contributed by atoms with Crippen LogP contribution in [0.25, 0.3) is 10.9 Å². The zero-order chi connectivity index (χ0) is 18.7. The highest BCUT2D eigenvalue weighted by Gasteiger charge is 2.23. The Labute approximate surface area is 160 Å². The van der Waals surface area contributed by atoms with Crippen LogP contribution in [0.15, 0.2) is 18.5 Å². The minimum atomic E-state index is -1.78. The van der Waals surface area contributed by atoms with E-state index in [9.17, 15) is 0 Å². The highest BCUT2D eigenvalue weighted by Crippen LogP contribution is 2.36. The first-order chi connectivity index (χ1) is 12.4. The number of aromatic nitrogens is 2. The van der Waals surface area contributed by atoms with Crippen molar-refractivity contribution in [1.29, 1.82) is 0 Å². The lowest BCUT2D eigenvalue weighted by Gasteiger charge is -2.33. The van der Waals surface area contributed by atoms with Gasteiger partial charge >= 0.3 is 0 Å². The van der Waals surface area contributed by atoms with E-state index in [4.69, 9.17) is 26.1 Å². The monoisotopic (exact) mass is 397 g/mol. The number of rotatable bonds is 6. The van der Waals surface area contributed by atoms with E-state index < -0.39 is 8.38 Å². The molecule has 1 aromatic heterocycles. The minimum Gasteiger partial charge on any atom is -0.489 e. The van der Waals surface area contributed by atoms with Crippen LogP contribution in [-0.4, -0.2) is 45.1 Å². The average molecular weight is 398 g/mol. The van der Waals surface area contributed by atoms with Crippen LogP contribution in [0.2, 0.25) is 5.02 Å². The van der Waals surface area contributed by atoms with Crippen LogP contribution in [0.5, 0.6) is 5.75 Å². The molecule has 2 heterocycles. The summed E-state index contributed by atoms with van der Waals surface area (Å²) in [6, 6.07) is 3.70. The fourth-order valence-electron chi connectivity index (χ4n) is 3.42. The van der Waals surface area contributed by atoms with Crippen molar-refractivity contribution >= 4 is 36.7 Å². The Morgan fingerprint density at radius 2 is 2.00 bits per heavy atom. The molecule has 3 rings (SSSR count). The molecule has 6 nitrogen and oxygen atoms in total. The van der Waals surface area contributed by atoms with E-state index in [1.54, 1.807) is 12.4 Å². The van der Waals surface area contributed by atoms with E-state index in [1.807, 2.05) is 19.9 Å². The number of piperidine rings is 1. The molecule has 1 fully saturated rings. The summed E-state index contributed by atoms with van der Waals surface area (Å²) in [5.74, 6) is 2.10. The second-order valence-corrected chi connectivity index (χ2v) is 8.61. The van der Waals surface area contributed by atoms with E-state index in [2.05, 4.69) is 14.9 Å². The fraction of sp³-hybridized carbons (Fsp3) is 0.556. The third-order valence-corrected chi connectivity index (χ3v) is 5.54. The largest absolute Gasteiger partial charge is 0.489 e. The second-order valence-electron chi connectivity index (χ2n) is 6.98. The Balaban J connectivity index is 1.82. The van der Waals surface area contributed by atoms with E-state index in [0.717, 1.165) is 49.1 Å². The topological polar surface area (TPSA) is 78.7 Å². The number of nitrogens with zero attached hydrogens (tertiary/aromatic N) is 3. The van der Waals surface area contributed by atoms with Crippen molar-refractivity contribution in [3.8, 4) is 5.75 Å². The van der Waals surface area contributed by atoms with Crippen LogP contribution in [0.3, 0.4) is 0 Å². The zero-order valence-corrected chi connectivity index (χ0v) is 16.7. The summed E-state index contributed by atoms with van der Waals surface area (Å²) in [6.07, 6.45) is 5.02. The molecule has 1 aromatic carbocycles. The van der Waals surface area contributed by atoms with Crippen LogP contribution in [0.1, 0.15) is 33.1 Å². The normalized spacial score (nSPS) is 16.0. The van der Waals surface area contributed by atoms with Gasteiger partial charge in [-0.25, -0.2) is 9.97 Å². The van der Waals surface area contributed by atoms with Crippen LogP contribution in [0.4, 0.5) is 5.82 Å². The van der Waals surface area contributed by atoms with Crippen molar-refractivity contribution in [2.75, 3.05) is 24.2 Å². The van der Waals surface area contributed by atoms with Gasteiger partial charge in [0.1, 0.15) is 23.4 Å². The predicted octanol–water partition coefficient (Wildman–Crippen LogP) is 3.97. The quantitative estimate of drug-likeness (QED) is 0.718. The Hall–Kier alpha value is -1.20. The molecule has 1 saturated heterocycles. The van der Waals surface area contributed by atoms with Crippen molar-refractivity contribution in [2.45, 2.75) is 39.2 Å². The molecule has 8 heteroatoms. The maximum Gasteiger partial charge on any atom is 0.164 e. The first-order valence-electron chi connectivity index (χ1n) is 8.95. The van der Waals surface area contributed by atoms with Crippen molar-refractivity contribution in [1.82, 2.24) is 9.97 Å². The first-order valence-corrected chi connectivity index (χ1v) is 10.8. The lowest BCUT2D eigenvalue weighted by Crippen LogP contribution is -2.34. The fourth-order valence-corrected chi connectivity index (χ4v) is 4.22. The SMILES string of the molecule is CC(C)Oc1cc(Cl)cc2c(N3CCC(CCP(O)O)CC3)ncnc12. The Morgan fingerprint density at radius 1 is 1.27 bits per heavy atom. The van der Waals surface area contributed by atoms with Crippen LogP contribution in [-0.2, 0) is 0 Å². The van der Waals surface area contributed by atoms with Crippen LogP contribution >= 0.6 is 20.0 Å². The zero-order valence-electron chi connectivity index (χ0n) is 15.1. The third-order valence-electron chi connectivity index (χ3n) is 4.66. The standard InChI is InChI=1S/C18H25ClN3O3P/c1-12(2)25-16-10-14(19)9-15-17(16)20-11-21-18(15)22-6-3-13(4-7-22)5-8-26(23)24/h9-13,23-24H,3-8H2,1-2H3. The maximum atomic E-state index is 9.11. The summed E-state index contributed by atoms with van der Waals surface area (Å²) in [7, 11) is -1.78. The molecule has 26 heavy (non-hydrogen) atoms. The third kappa shape index (κ3) is 4.74. The van der Waals surface area contributed by atoms with Gasteiger partial charge in [0.05, 0.1) is 6.10 Å². The number of halogens is 1. The van der Waals surface area contributed by atoms with E-state index in [1.165, 1.54) is 0 Å². The van der Waals surface area contributed by atoms with Crippen molar-refractivity contribution in [3.05, 3.63) is 23.5 Å². The van der Waals surface area contributed by atoms with Gasteiger partial charge in [0.15, 0.2) is 8.38 Å². The molecule has 0 spiro atoms. The lowest BCUT2D eigenvalue weighted by molar-refractivity contribution is 0.245. The van der Waals surface area contributed by atoms with Crippen LogP contribution < -0.4 is 9.64 Å². The van der Waals surface area contributed by atoms with Gasteiger partial charge in [0, 0.05) is 35.7 Å². The number of fused-ring (bicyclic) bond motifs is 1. The predicted molar refractivity (Wildman–Crippen MR) is 106 cm³/mol. The van der Waals surface area contributed by atoms with Gasteiger partial charge in [0.25, 0.3) is 0 Å².